The lowest BCUT2D eigenvalue weighted by molar-refractivity contribution is 0.372. The van der Waals surface area contributed by atoms with Crippen LogP contribution in [0, 0.1) is 0 Å². The molecular weight excluding hydrogens is 288 g/mol. The molecule has 0 unspecified atom stereocenters. The molecule has 0 aliphatic rings. The molecule has 1 N–H and O–H groups in total. The predicted molar refractivity (Wildman–Crippen MR) is 95.9 cm³/mol. The van der Waals surface area contributed by atoms with Gasteiger partial charge < -0.3 is 10.2 Å². The molecule has 1 atom stereocenters. The number of hydrogen-bond donors (Lipinski definition) is 1. The predicted octanol–water partition coefficient (Wildman–Crippen LogP) is 2.41. The molecule has 1 aromatic carbocycles. The van der Waals surface area contributed by atoms with Gasteiger partial charge in [0.2, 0.25) is 0 Å². The van der Waals surface area contributed by atoms with Crippen molar-refractivity contribution in [1.82, 2.24) is 19.8 Å². The smallest absolute Gasteiger partial charge is 0.261 e. The molecule has 126 valence electrons. The maximum absolute atomic E-state index is 12.8. The van der Waals surface area contributed by atoms with E-state index < -0.39 is 0 Å². The van der Waals surface area contributed by atoms with E-state index in [0.717, 1.165) is 37.3 Å². The standard InChI is InChI=1S/C18H28N4O/c1-5-12-22-17(15(6-2)19-11-13-21(3)4)20-16-10-8-7-9-14(16)18(22)23/h7-10,15,19H,5-6,11-13H2,1-4H3/t15-/m0/s1. The van der Waals surface area contributed by atoms with Gasteiger partial charge in [0.15, 0.2) is 0 Å². The number of aromatic nitrogens is 2. The fourth-order valence-corrected chi connectivity index (χ4v) is 2.77. The van der Waals surface area contributed by atoms with Crippen LogP contribution in [0.3, 0.4) is 0 Å². The third-order valence-electron chi connectivity index (χ3n) is 4.01. The number of rotatable bonds is 8. The lowest BCUT2D eigenvalue weighted by Crippen LogP contribution is -2.35. The molecule has 0 bridgehead atoms. The zero-order chi connectivity index (χ0) is 16.8. The van der Waals surface area contributed by atoms with Crippen molar-refractivity contribution in [3.8, 4) is 0 Å². The maximum atomic E-state index is 12.8. The fourth-order valence-electron chi connectivity index (χ4n) is 2.77. The van der Waals surface area contributed by atoms with Crippen molar-refractivity contribution in [3.05, 3.63) is 40.4 Å². The van der Waals surface area contributed by atoms with Crippen LogP contribution in [0.1, 0.15) is 38.6 Å². The SMILES string of the molecule is CCCn1c([C@H](CC)NCCN(C)C)nc2ccccc2c1=O. The summed E-state index contributed by atoms with van der Waals surface area (Å²) in [5.74, 6) is 0.858. The van der Waals surface area contributed by atoms with Crippen LogP contribution in [0.5, 0.6) is 0 Å². The highest BCUT2D eigenvalue weighted by atomic mass is 16.1. The second-order valence-corrected chi connectivity index (χ2v) is 6.16. The van der Waals surface area contributed by atoms with Crippen molar-refractivity contribution in [2.45, 2.75) is 39.3 Å². The van der Waals surface area contributed by atoms with Gasteiger partial charge in [0.25, 0.3) is 5.56 Å². The Kier molecular flexibility index (Phi) is 6.30. The zero-order valence-corrected chi connectivity index (χ0v) is 14.7. The summed E-state index contributed by atoms with van der Waals surface area (Å²) in [5, 5.41) is 4.25. The van der Waals surface area contributed by atoms with Crippen molar-refractivity contribution in [2.24, 2.45) is 0 Å². The van der Waals surface area contributed by atoms with Crippen LogP contribution < -0.4 is 10.9 Å². The monoisotopic (exact) mass is 316 g/mol. The Morgan fingerprint density at radius 2 is 2.00 bits per heavy atom. The summed E-state index contributed by atoms with van der Waals surface area (Å²) >= 11 is 0. The Morgan fingerprint density at radius 1 is 1.26 bits per heavy atom. The lowest BCUT2D eigenvalue weighted by atomic mass is 10.1. The number of para-hydroxylation sites is 1. The second-order valence-electron chi connectivity index (χ2n) is 6.16. The normalized spacial score (nSPS) is 12.9. The molecule has 1 heterocycles. The van der Waals surface area contributed by atoms with Crippen LogP contribution in [-0.4, -0.2) is 41.6 Å². The van der Waals surface area contributed by atoms with Gasteiger partial charge in [0.1, 0.15) is 5.82 Å². The molecule has 0 radical (unpaired) electrons. The average Bonchev–Trinajstić information content (AvgIpc) is 2.54. The van der Waals surface area contributed by atoms with Crippen LogP contribution in [-0.2, 0) is 6.54 Å². The van der Waals surface area contributed by atoms with E-state index >= 15 is 0 Å². The van der Waals surface area contributed by atoms with Gasteiger partial charge in [-0.15, -0.1) is 0 Å². The minimum atomic E-state index is 0.0697. The number of hydrogen-bond acceptors (Lipinski definition) is 4. The highest BCUT2D eigenvalue weighted by Crippen LogP contribution is 2.17. The summed E-state index contributed by atoms with van der Waals surface area (Å²) in [7, 11) is 4.12. The van der Waals surface area contributed by atoms with E-state index in [-0.39, 0.29) is 11.6 Å². The molecule has 0 amide bonds. The number of benzene rings is 1. The van der Waals surface area contributed by atoms with E-state index in [2.05, 4.69) is 38.2 Å². The summed E-state index contributed by atoms with van der Waals surface area (Å²) in [6.45, 7) is 6.76. The zero-order valence-electron chi connectivity index (χ0n) is 14.7. The third-order valence-corrected chi connectivity index (χ3v) is 4.01. The molecule has 0 fully saturated rings. The van der Waals surface area contributed by atoms with Crippen LogP contribution in [0.25, 0.3) is 10.9 Å². The topological polar surface area (TPSA) is 50.2 Å². The Labute approximate surface area is 138 Å². The first kappa shape index (κ1) is 17.6. The van der Waals surface area contributed by atoms with Crippen LogP contribution in [0.2, 0.25) is 0 Å². The number of likely N-dealkylation sites (N-methyl/N-ethyl adjacent to an activating group) is 1. The first-order chi connectivity index (χ1) is 11.1. The van der Waals surface area contributed by atoms with Gasteiger partial charge >= 0.3 is 0 Å². The molecule has 2 aromatic rings. The number of nitrogens with one attached hydrogen (secondary N) is 1. The summed E-state index contributed by atoms with van der Waals surface area (Å²) < 4.78 is 1.85. The first-order valence-corrected chi connectivity index (χ1v) is 8.46. The van der Waals surface area contributed by atoms with Crippen LogP contribution in [0.15, 0.2) is 29.1 Å². The largest absolute Gasteiger partial charge is 0.308 e. The maximum Gasteiger partial charge on any atom is 0.261 e. The first-order valence-electron chi connectivity index (χ1n) is 8.46. The Bertz CT molecular complexity index is 693. The van der Waals surface area contributed by atoms with Gasteiger partial charge in [-0.25, -0.2) is 4.98 Å². The molecule has 0 saturated heterocycles. The molecule has 2 rings (SSSR count). The van der Waals surface area contributed by atoms with Gasteiger partial charge in [-0.05, 0) is 39.1 Å². The molecule has 0 saturated carbocycles. The third kappa shape index (κ3) is 4.18. The summed E-state index contributed by atoms with van der Waals surface area (Å²) in [5.41, 5.74) is 0.855. The van der Waals surface area contributed by atoms with Gasteiger partial charge in [0.05, 0.1) is 16.9 Å². The van der Waals surface area contributed by atoms with E-state index in [0.29, 0.717) is 11.9 Å². The van der Waals surface area contributed by atoms with Crippen molar-refractivity contribution in [2.75, 3.05) is 27.2 Å². The van der Waals surface area contributed by atoms with Crippen molar-refractivity contribution in [3.63, 3.8) is 0 Å². The second kappa shape index (κ2) is 8.22. The highest BCUT2D eigenvalue weighted by Gasteiger charge is 2.18. The fraction of sp³-hybridized carbons (Fsp3) is 0.556. The van der Waals surface area contributed by atoms with Crippen molar-refractivity contribution >= 4 is 10.9 Å². The van der Waals surface area contributed by atoms with Crippen molar-refractivity contribution < 1.29 is 0 Å². The summed E-state index contributed by atoms with van der Waals surface area (Å²) in [4.78, 5) is 19.8. The molecule has 5 heteroatoms. The van der Waals surface area contributed by atoms with Gasteiger partial charge in [-0.1, -0.05) is 26.0 Å². The highest BCUT2D eigenvalue weighted by molar-refractivity contribution is 5.77. The summed E-state index contributed by atoms with van der Waals surface area (Å²) in [6.07, 6.45) is 1.82. The summed E-state index contributed by atoms with van der Waals surface area (Å²) in [6, 6.07) is 7.71. The van der Waals surface area contributed by atoms with E-state index in [9.17, 15) is 4.79 Å². The van der Waals surface area contributed by atoms with E-state index in [4.69, 9.17) is 4.98 Å². The molecule has 0 aliphatic carbocycles. The van der Waals surface area contributed by atoms with Gasteiger partial charge in [0, 0.05) is 19.6 Å². The molecular formula is C18H28N4O. The molecule has 1 aromatic heterocycles. The van der Waals surface area contributed by atoms with Crippen molar-refractivity contribution in [1.29, 1.82) is 0 Å². The average molecular weight is 316 g/mol. The number of fused-ring (bicyclic) bond motifs is 1. The molecule has 23 heavy (non-hydrogen) atoms. The van der Waals surface area contributed by atoms with E-state index in [1.807, 2.05) is 28.8 Å². The quantitative estimate of drug-likeness (QED) is 0.812. The molecule has 0 aliphatic heterocycles. The Hall–Kier alpha value is -1.72. The van der Waals surface area contributed by atoms with E-state index in [1.165, 1.54) is 0 Å². The Morgan fingerprint density at radius 3 is 2.65 bits per heavy atom. The molecule has 5 nitrogen and oxygen atoms in total. The van der Waals surface area contributed by atoms with Crippen LogP contribution in [0.4, 0.5) is 0 Å². The Balaban J connectivity index is 2.43. The molecule has 0 spiro atoms. The van der Waals surface area contributed by atoms with Gasteiger partial charge in [-0.3, -0.25) is 9.36 Å². The minimum Gasteiger partial charge on any atom is -0.308 e. The lowest BCUT2D eigenvalue weighted by Gasteiger charge is -2.22. The minimum absolute atomic E-state index is 0.0697. The van der Waals surface area contributed by atoms with Crippen LogP contribution >= 0.6 is 0 Å². The van der Waals surface area contributed by atoms with Gasteiger partial charge in [-0.2, -0.15) is 0 Å². The number of nitrogens with zero attached hydrogens (tertiary/aromatic N) is 3. The van der Waals surface area contributed by atoms with E-state index in [1.54, 1.807) is 0 Å².